The second-order valence-corrected chi connectivity index (χ2v) is 5.69. The Balaban J connectivity index is 1.92. The fraction of sp³-hybridized carbons (Fsp3) is 0.923. The van der Waals surface area contributed by atoms with Gasteiger partial charge in [0.2, 0.25) is 0 Å². The van der Waals surface area contributed by atoms with Gasteiger partial charge in [-0.05, 0) is 38.6 Å². The summed E-state index contributed by atoms with van der Waals surface area (Å²) in [5.74, 6) is 0.326. The van der Waals surface area contributed by atoms with Crippen LogP contribution in [-0.4, -0.2) is 35.1 Å². The number of aliphatic carboxylic acids is 1. The van der Waals surface area contributed by atoms with E-state index in [9.17, 15) is 9.90 Å². The molecule has 2 atom stereocenters. The van der Waals surface area contributed by atoms with Gasteiger partial charge in [-0.15, -0.1) is 0 Å². The SMILES string of the molecule is CCC1(C(=O)O)CCN(C(C)CC2CC2)C1. The number of hydrogen-bond donors (Lipinski definition) is 1. The lowest BCUT2D eigenvalue weighted by Gasteiger charge is -2.27. The van der Waals surface area contributed by atoms with Crippen molar-refractivity contribution in [3.8, 4) is 0 Å². The highest BCUT2D eigenvalue weighted by Gasteiger charge is 2.44. The standard InChI is InChI=1S/C13H23NO2/c1-3-13(12(15)16)6-7-14(9-13)10(2)8-11-4-5-11/h10-11H,3-9H2,1-2H3,(H,15,16). The van der Waals surface area contributed by atoms with Crippen LogP contribution < -0.4 is 0 Å². The third-order valence-corrected chi connectivity index (χ3v) is 4.51. The van der Waals surface area contributed by atoms with Gasteiger partial charge in [-0.2, -0.15) is 0 Å². The molecule has 2 aliphatic rings. The fourth-order valence-corrected chi connectivity index (χ4v) is 2.88. The largest absolute Gasteiger partial charge is 0.481 e. The normalized spacial score (nSPS) is 32.9. The lowest BCUT2D eigenvalue weighted by molar-refractivity contribution is -0.148. The molecule has 1 saturated heterocycles. The molecule has 1 N–H and O–H groups in total. The van der Waals surface area contributed by atoms with E-state index >= 15 is 0 Å². The second kappa shape index (κ2) is 4.36. The highest BCUT2D eigenvalue weighted by Crippen LogP contribution is 2.39. The average molecular weight is 225 g/mol. The number of likely N-dealkylation sites (tertiary alicyclic amines) is 1. The Hall–Kier alpha value is -0.570. The van der Waals surface area contributed by atoms with Gasteiger partial charge >= 0.3 is 5.97 Å². The van der Waals surface area contributed by atoms with Crippen molar-refractivity contribution in [2.45, 2.75) is 52.0 Å². The molecule has 2 rings (SSSR count). The van der Waals surface area contributed by atoms with Crippen molar-refractivity contribution in [2.75, 3.05) is 13.1 Å². The van der Waals surface area contributed by atoms with Crippen LogP contribution in [0.15, 0.2) is 0 Å². The summed E-state index contributed by atoms with van der Waals surface area (Å²) in [6.45, 7) is 5.98. The van der Waals surface area contributed by atoms with Crippen molar-refractivity contribution in [1.29, 1.82) is 0 Å². The zero-order chi connectivity index (χ0) is 11.8. The summed E-state index contributed by atoms with van der Waals surface area (Å²) in [5, 5.41) is 9.33. The Morgan fingerprint density at radius 1 is 1.56 bits per heavy atom. The Bertz CT molecular complexity index is 275. The van der Waals surface area contributed by atoms with Gasteiger partial charge in [-0.1, -0.05) is 19.8 Å². The molecule has 0 aromatic heterocycles. The third kappa shape index (κ3) is 2.24. The Morgan fingerprint density at radius 3 is 2.69 bits per heavy atom. The van der Waals surface area contributed by atoms with Gasteiger partial charge in [0.25, 0.3) is 0 Å². The quantitative estimate of drug-likeness (QED) is 0.781. The number of carbonyl (C=O) groups is 1. The maximum Gasteiger partial charge on any atom is 0.310 e. The summed E-state index contributed by atoms with van der Waals surface area (Å²) in [5.41, 5.74) is -0.461. The van der Waals surface area contributed by atoms with Crippen LogP contribution in [-0.2, 0) is 4.79 Å². The molecule has 1 saturated carbocycles. The van der Waals surface area contributed by atoms with Crippen molar-refractivity contribution in [3.63, 3.8) is 0 Å². The minimum Gasteiger partial charge on any atom is -0.481 e. The lowest BCUT2D eigenvalue weighted by Crippen LogP contribution is -2.37. The first-order valence-electron chi connectivity index (χ1n) is 6.55. The van der Waals surface area contributed by atoms with Gasteiger partial charge in [0.05, 0.1) is 5.41 Å². The van der Waals surface area contributed by atoms with E-state index < -0.39 is 11.4 Å². The molecule has 92 valence electrons. The van der Waals surface area contributed by atoms with Crippen LogP contribution in [0.4, 0.5) is 0 Å². The molecule has 0 spiro atoms. The van der Waals surface area contributed by atoms with Crippen LogP contribution in [0.25, 0.3) is 0 Å². The summed E-state index contributed by atoms with van der Waals surface area (Å²) < 4.78 is 0. The molecule has 0 radical (unpaired) electrons. The third-order valence-electron chi connectivity index (χ3n) is 4.51. The number of rotatable bonds is 5. The first kappa shape index (κ1) is 11.9. The molecular weight excluding hydrogens is 202 g/mol. The number of hydrogen-bond acceptors (Lipinski definition) is 2. The number of carboxylic acids is 1. The van der Waals surface area contributed by atoms with Gasteiger partial charge in [-0.3, -0.25) is 9.69 Å². The zero-order valence-electron chi connectivity index (χ0n) is 10.4. The van der Waals surface area contributed by atoms with Gasteiger partial charge in [-0.25, -0.2) is 0 Å². The van der Waals surface area contributed by atoms with E-state index in [1.165, 1.54) is 19.3 Å². The molecule has 2 unspecified atom stereocenters. The smallest absolute Gasteiger partial charge is 0.310 e. The van der Waals surface area contributed by atoms with E-state index in [1.807, 2.05) is 6.92 Å². The minimum absolute atomic E-state index is 0.461. The fourth-order valence-electron chi connectivity index (χ4n) is 2.88. The maximum atomic E-state index is 11.3. The molecule has 0 aromatic carbocycles. The second-order valence-electron chi connectivity index (χ2n) is 5.69. The van der Waals surface area contributed by atoms with E-state index in [1.54, 1.807) is 0 Å². The van der Waals surface area contributed by atoms with Crippen LogP contribution in [0.2, 0.25) is 0 Å². The van der Waals surface area contributed by atoms with Crippen LogP contribution >= 0.6 is 0 Å². The molecular formula is C13H23NO2. The predicted molar refractivity (Wildman–Crippen MR) is 63.4 cm³/mol. The molecule has 0 bridgehead atoms. The zero-order valence-corrected chi connectivity index (χ0v) is 10.4. The minimum atomic E-state index is -0.601. The summed E-state index contributed by atoms with van der Waals surface area (Å²) in [7, 11) is 0. The monoisotopic (exact) mass is 225 g/mol. The van der Waals surface area contributed by atoms with E-state index in [4.69, 9.17) is 0 Å². The van der Waals surface area contributed by atoms with Crippen LogP contribution in [0.3, 0.4) is 0 Å². The molecule has 1 aliphatic carbocycles. The predicted octanol–water partition coefficient (Wildman–Crippen LogP) is 2.36. The van der Waals surface area contributed by atoms with Gasteiger partial charge in [0, 0.05) is 12.6 Å². The molecule has 3 heteroatoms. The van der Waals surface area contributed by atoms with E-state index in [0.717, 1.165) is 31.8 Å². The van der Waals surface area contributed by atoms with Crippen LogP contribution in [0.5, 0.6) is 0 Å². The Morgan fingerprint density at radius 2 is 2.25 bits per heavy atom. The molecule has 0 amide bonds. The molecule has 1 heterocycles. The van der Waals surface area contributed by atoms with E-state index in [2.05, 4.69) is 11.8 Å². The maximum absolute atomic E-state index is 11.3. The highest BCUT2D eigenvalue weighted by atomic mass is 16.4. The van der Waals surface area contributed by atoms with Crippen molar-refractivity contribution < 1.29 is 9.90 Å². The van der Waals surface area contributed by atoms with Crippen molar-refractivity contribution in [2.24, 2.45) is 11.3 Å². The summed E-state index contributed by atoms with van der Waals surface area (Å²) >= 11 is 0. The average Bonchev–Trinajstić information content (AvgIpc) is 2.95. The molecule has 1 aliphatic heterocycles. The van der Waals surface area contributed by atoms with Gasteiger partial charge in [0.15, 0.2) is 0 Å². The van der Waals surface area contributed by atoms with E-state index in [0.29, 0.717) is 6.04 Å². The van der Waals surface area contributed by atoms with Crippen LogP contribution in [0.1, 0.15) is 46.0 Å². The van der Waals surface area contributed by atoms with Crippen molar-refractivity contribution in [3.05, 3.63) is 0 Å². The summed E-state index contributed by atoms with van der Waals surface area (Å²) in [6.07, 6.45) is 5.62. The van der Waals surface area contributed by atoms with Gasteiger partial charge < -0.3 is 5.11 Å². The van der Waals surface area contributed by atoms with Gasteiger partial charge in [0.1, 0.15) is 0 Å². The topological polar surface area (TPSA) is 40.5 Å². The Kier molecular flexibility index (Phi) is 3.24. The Labute approximate surface area is 97.8 Å². The highest BCUT2D eigenvalue weighted by molar-refractivity contribution is 5.75. The van der Waals surface area contributed by atoms with E-state index in [-0.39, 0.29) is 0 Å². The number of carboxylic acid groups (broad SMARTS) is 1. The number of nitrogens with zero attached hydrogens (tertiary/aromatic N) is 1. The van der Waals surface area contributed by atoms with Crippen molar-refractivity contribution >= 4 is 5.97 Å². The van der Waals surface area contributed by atoms with Crippen molar-refractivity contribution in [1.82, 2.24) is 4.90 Å². The lowest BCUT2D eigenvalue weighted by atomic mass is 9.84. The molecule has 16 heavy (non-hydrogen) atoms. The van der Waals surface area contributed by atoms with Crippen LogP contribution in [0, 0.1) is 11.3 Å². The molecule has 0 aromatic rings. The first-order chi connectivity index (χ1) is 7.57. The molecule has 3 nitrogen and oxygen atoms in total. The molecule has 2 fully saturated rings. The summed E-state index contributed by atoms with van der Waals surface area (Å²) in [6, 6.07) is 0.570. The first-order valence-corrected chi connectivity index (χ1v) is 6.55. The summed E-state index contributed by atoms with van der Waals surface area (Å²) in [4.78, 5) is 13.7.